The predicted molar refractivity (Wildman–Crippen MR) is 101 cm³/mol. The number of ether oxygens (including phenoxy) is 2. The Bertz CT molecular complexity index is 729. The summed E-state index contributed by atoms with van der Waals surface area (Å²) in [5, 5.41) is 5.67. The number of carbonyl (C=O) groups is 2. The maximum atomic E-state index is 12.6. The molecule has 0 unspecified atom stereocenters. The van der Waals surface area contributed by atoms with Crippen LogP contribution in [-0.2, 0) is 9.53 Å². The van der Waals surface area contributed by atoms with Crippen LogP contribution in [0.5, 0.6) is 5.75 Å². The summed E-state index contributed by atoms with van der Waals surface area (Å²) in [4.78, 5) is 27.2. The van der Waals surface area contributed by atoms with Gasteiger partial charge in [-0.2, -0.15) is 0 Å². The van der Waals surface area contributed by atoms with Gasteiger partial charge in [0.1, 0.15) is 5.75 Å². The Morgan fingerprint density at radius 2 is 2.00 bits per heavy atom. The normalized spacial score (nSPS) is 23.4. The minimum absolute atomic E-state index is 0.316. The second-order valence-corrected chi connectivity index (χ2v) is 7.17. The number of hydrogen-bond donors (Lipinski definition) is 2. The average molecular weight is 373 g/mol. The van der Waals surface area contributed by atoms with E-state index in [1.54, 1.807) is 7.11 Å². The predicted octanol–water partition coefficient (Wildman–Crippen LogP) is 2.21. The van der Waals surface area contributed by atoms with E-state index in [1.165, 1.54) is 13.5 Å². The van der Waals surface area contributed by atoms with E-state index in [1.807, 2.05) is 24.3 Å². The molecule has 0 aliphatic carbocycles. The highest BCUT2D eigenvalue weighted by Crippen LogP contribution is 2.29. The first-order valence-electron chi connectivity index (χ1n) is 9.27. The molecule has 7 nitrogen and oxygen atoms in total. The Morgan fingerprint density at radius 3 is 2.63 bits per heavy atom. The van der Waals surface area contributed by atoms with Gasteiger partial charge in [0.2, 0.25) is 0 Å². The molecule has 1 fully saturated rings. The van der Waals surface area contributed by atoms with Crippen molar-refractivity contribution in [3.63, 3.8) is 0 Å². The quantitative estimate of drug-likeness (QED) is 0.774. The van der Waals surface area contributed by atoms with Crippen molar-refractivity contribution in [2.75, 3.05) is 33.9 Å². The van der Waals surface area contributed by atoms with E-state index in [4.69, 9.17) is 9.47 Å². The summed E-state index contributed by atoms with van der Waals surface area (Å²) in [7, 11) is 2.95. The molecule has 1 saturated heterocycles. The monoisotopic (exact) mass is 373 g/mol. The number of amides is 2. The van der Waals surface area contributed by atoms with Crippen LogP contribution in [0.2, 0.25) is 0 Å². The molecule has 7 heteroatoms. The van der Waals surface area contributed by atoms with Crippen LogP contribution in [0, 0.1) is 5.92 Å². The van der Waals surface area contributed by atoms with Gasteiger partial charge in [-0.1, -0.05) is 19.1 Å². The van der Waals surface area contributed by atoms with Crippen LogP contribution in [-0.4, -0.2) is 50.8 Å². The summed E-state index contributed by atoms with van der Waals surface area (Å²) >= 11 is 0. The number of rotatable bonds is 5. The van der Waals surface area contributed by atoms with Crippen LogP contribution in [0.4, 0.5) is 4.79 Å². The topological polar surface area (TPSA) is 79.9 Å². The Kier molecular flexibility index (Phi) is 6.01. The van der Waals surface area contributed by atoms with Crippen molar-refractivity contribution in [3.8, 4) is 5.75 Å². The van der Waals surface area contributed by atoms with Crippen molar-refractivity contribution < 1.29 is 19.1 Å². The summed E-state index contributed by atoms with van der Waals surface area (Å²) in [6, 6.07) is 6.43. The summed E-state index contributed by atoms with van der Waals surface area (Å²) in [5.74, 6) is 0.879. The van der Waals surface area contributed by atoms with Crippen LogP contribution < -0.4 is 15.4 Å². The highest BCUT2D eigenvalue weighted by Gasteiger charge is 2.34. The Hall–Kier alpha value is -2.54. The first-order valence-corrected chi connectivity index (χ1v) is 9.27. The smallest absolute Gasteiger partial charge is 0.338 e. The average Bonchev–Trinajstić information content (AvgIpc) is 2.67. The Balaban J connectivity index is 1.94. The molecular formula is C20H27N3O4. The minimum atomic E-state index is -0.561. The van der Waals surface area contributed by atoms with E-state index in [-0.39, 0.29) is 6.03 Å². The maximum Gasteiger partial charge on any atom is 0.338 e. The fraction of sp³-hybridized carbons (Fsp3) is 0.500. The lowest BCUT2D eigenvalue weighted by atomic mass is 9.94. The SMILES string of the molecule is COC(=O)C1=C(CN2CCC[C@H](C)C2)NC(=O)N[C@@H]1c1ccc(OC)cc1. The number of nitrogens with zero attached hydrogens (tertiary/aromatic N) is 1. The van der Waals surface area contributed by atoms with Gasteiger partial charge in [-0.3, -0.25) is 4.90 Å². The number of urea groups is 1. The molecule has 0 radical (unpaired) electrons. The van der Waals surface area contributed by atoms with E-state index >= 15 is 0 Å². The van der Waals surface area contributed by atoms with Crippen LogP contribution in [0.1, 0.15) is 31.4 Å². The van der Waals surface area contributed by atoms with E-state index in [0.29, 0.717) is 29.5 Å². The lowest BCUT2D eigenvalue weighted by Crippen LogP contribution is -2.49. The van der Waals surface area contributed by atoms with Gasteiger partial charge < -0.3 is 20.1 Å². The maximum absolute atomic E-state index is 12.6. The number of piperidine rings is 1. The van der Waals surface area contributed by atoms with Crippen LogP contribution in [0.3, 0.4) is 0 Å². The number of benzene rings is 1. The van der Waals surface area contributed by atoms with E-state index < -0.39 is 12.0 Å². The molecule has 0 saturated carbocycles. The zero-order valence-electron chi connectivity index (χ0n) is 16.1. The summed E-state index contributed by atoms with van der Waals surface area (Å²) in [6.45, 7) is 4.66. The fourth-order valence-corrected chi connectivity index (χ4v) is 3.79. The molecule has 146 valence electrons. The zero-order chi connectivity index (χ0) is 19.4. The molecule has 2 amide bonds. The van der Waals surface area contributed by atoms with Gasteiger partial charge >= 0.3 is 12.0 Å². The summed E-state index contributed by atoms with van der Waals surface area (Å²) in [6.07, 6.45) is 2.33. The van der Waals surface area contributed by atoms with Crippen LogP contribution in [0.15, 0.2) is 35.5 Å². The third-order valence-corrected chi connectivity index (χ3v) is 5.13. The van der Waals surface area contributed by atoms with Gasteiger partial charge in [0, 0.05) is 18.8 Å². The van der Waals surface area contributed by atoms with Crippen molar-refractivity contribution in [2.45, 2.75) is 25.8 Å². The van der Waals surface area contributed by atoms with Gasteiger partial charge in [0.05, 0.1) is 25.8 Å². The first kappa shape index (κ1) is 19.2. The molecule has 0 spiro atoms. The second-order valence-electron chi connectivity index (χ2n) is 7.17. The molecule has 3 rings (SSSR count). The van der Waals surface area contributed by atoms with E-state index in [9.17, 15) is 9.59 Å². The lowest BCUT2D eigenvalue weighted by molar-refractivity contribution is -0.136. The number of hydrogen-bond acceptors (Lipinski definition) is 5. The molecule has 1 aromatic rings. The highest BCUT2D eigenvalue weighted by atomic mass is 16.5. The summed E-state index contributed by atoms with van der Waals surface area (Å²) in [5.41, 5.74) is 1.86. The van der Waals surface area contributed by atoms with Crippen molar-refractivity contribution in [3.05, 3.63) is 41.1 Å². The van der Waals surface area contributed by atoms with Crippen LogP contribution >= 0.6 is 0 Å². The van der Waals surface area contributed by atoms with Gasteiger partial charge in [-0.25, -0.2) is 9.59 Å². The first-order chi connectivity index (χ1) is 13.0. The molecular weight excluding hydrogens is 346 g/mol. The molecule has 0 bridgehead atoms. The lowest BCUT2D eigenvalue weighted by Gasteiger charge is -2.35. The highest BCUT2D eigenvalue weighted by molar-refractivity contribution is 5.95. The number of likely N-dealkylation sites (tertiary alicyclic amines) is 1. The summed E-state index contributed by atoms with van der Waals surface area (Å²) < 4.78 is 10.2. The van der Waals surface area contributed by atoms with Gasteiger partial charge in [-0.05, 0) is 43.0 Å². The van der Waals surface area contributed by atoms with Crippen LogP contribution in [0.25, 0.3) is 0 Å². The number of carbonyl (C=O) groups excluding carboxylic acids is 2. The van der Waals surface area contributed by atoms with E-state index in [2.05, 4.69) is 22.5 Å². The third-order valence-electron chi connectivity index (χ3n) is 5.13. The van der Waals surface area contributed by atoms with Crippen molar-refractivity contribution in [2.24, 2.45) is 5.92 Å². The van der Waals surface area contributed by atoms with Gasteiger partial charge in [-0.15, -0.1) is 0 Å². The molecule has 2 aliphatic rings. The minimum Gasteiger partial charge on any atom is -0.497 e. The van der Waals surface area contributed by atoms with Gasteiger partial charge in [0.25, 0.3) is 0 Å². The molecule has 27 heavy (non-hydrogen) atoms. The third kappa shape index (κ3) is 4.42. The molecule has 2 aliphatic heterocycles. The van der Waals surface area contributed by atoms with Crippen molar-refractivity contribution in [1.82, 2.24) is 15.5 Å². The second kappa shape index (κ2) is 8.43. The number of methoxy groups -OCH3 is 2. The standard InChI is InChI=1S/C20H27N3O4/c1-13-5-4-10-23(11-13)12-16-17(19(24)27-3)18(22-20(25)21-16)14-6-8-15(26-2)9-7-14/h6-9,13,18H,4-5,10-12H2,1-3H3,(H2,21,22,25)/t13-,18+/m0/s1. The van der Waals surface area contributed by atoms with Crippen molar-refractivity contribution >= 4 is 12.0 Å². The Morgan fingerprint density at radius 1 is 1.26 bits per heavy atom. The fourth-order valence-electron chi connectivity index (χ4n) is 3.79. The van der Waals surface area contributed by atoms with Gasteiger partial charge in [0.15, 0.2) is 0 Å². The molecule has 2 atom stereocenters. The molecule has 0 aromatic heterocycles. The molecule has 2 N–H and O–H groups in total. The molecule has 2 heterocycles. The number of nitrogens with one attached hydrogen (secondary N) is 2. The Labute approximate surface area is 159 Å². The van der Waals surface area contributed by atoms with Crippen molar-refractivity contribution in [1.29, 1.82) is 0 Å². The largest absolute Gasteiger partial charge is 0.497 e. The number of esters is 1. The molecule has 1 aromatic carbocycles. The zero-order valence-corrected chi connectivity index (χ0v) is 16.1. The van der Waals surface area contributed by atoms with E-state index in [0.717, 1.165) is 25.1 Å².